The molecular weight excluding hydrogens is 595 g/mol. The number of carbonyl (C=O) groups excluding carboxylic acids is 1. The molecular formula is C45H43LiO3. The quantitative estimate of drug-likeness (QED) is 0.179. The second-order valence-corrected chi connectivity index (χ2v) is 11.7. The molecule has 3 nitrogen and oxygen atoms in total. The minimum Gasteiger partial charge on any atom is -0.843 e. The minimum absolute atomic E-state index is 0. The molecule has 6 aromatic carbocycles. The minimum atomic E-state index is -1.09. The van der Waals surface area contributed by atoms with Gasteiger partial charge in [-0.05, 0) is 62.6 Å². The van der Waals surface area contributed by atoms with Crippen LogP contribution in [0.2, 0.25) is 0 Å². The number of hydrogen-bond acceptors (Lipinski definition) is 3. The summed E-state index contributed by atoms with van der Waals surface area (Å²) in [4.78, 5) is 11.9. The van der Waals surface area contributed by atoms with Crippen molar-refractivity contribution in [1.82, 2.24) is 0 Å². The summed E-state index contributed by atoms with van der Waals surface area (Å²) in [6, 6.07) is 47.3. The maximum absolute atomic E-state index is 12.5. The first-order valence-corrected chi connectivity index (χ1v) is 16.8. The Labute approximate surface area is 303 Å². The molecule has 0 saturated heterocycles. The van der Waals surface area contributed by atoms with Gasteiger partial charge < -0.3 is 10.2 Å². The van der Waals surface area contributed by atoms with Crippen molar-refractivity contribution in [3.8, 4) is 33.4 Å². The normalized spacial score (nSPS) is 13.5. The molecule has 6 aromatic rings. The van der Waals surface area contributed by atoms with Gasteiger partial charge in [-0.1, -0.05) is 186 Å². The van der Waals surface area contributed by atoms with E-state index in [1.54, 1.807) is 6.92 Å². The summed E-state index contributed by atoms with van der Waals surface area (Å²) in [5.41, 5.74) is 10.1. The molecule has 49 heavy (non-hydrogen) atoms. The molecule has 0 spiro atoms. The van der Waals surface area contributed by atoms with Gasteiger partial charge in [0.1, 0.15) is 5.60 Å². The van der Waals surface area contributed by atoms with Gasteiger partial charge in [-0.3, -0.25) is 4.79 Å². The fraction of sp³-hybridized carbons (Fsp3) is 0.178. The third kappa shape index (κ3) is 6.73. The first kappa shape index (κ1) is 37.3. The molecule has 0 radical (unpaired) electrons. The topological polar surface area (TPSA) is 60.4 Å². The van der Waals surface area contributed by atoms with E-state index in [4.69, 9.17) is 0 Å². The third-order valence-corrected chi connectivity index (χ3v) is 9.00. The predicted molar refractivity (Wildman–Crippen MR) is 197 cm³/mol. The van der Waals surface area contributed by atoms with Crippen molar-refractivity contribution in [2.45, 2.75) is 52.7 Å². The predicted octanol–water partition coefficient (Wildman–Crippen LogP) is 7.17. The van der Waals surface area contributed by atoms with Crippen LogP contribution in [0.3, 0.4) is 0 Å². The molecule has 0 bridgehead atoms. The van der Waals surface area contributed by atoms with Crippen LogP contribution < -0.4 is 24.0 Å². The first-order chi connectivity index (χ1) is 23.3. The molecule has 1 N–H and O–H groups in total. The maximum atomic E-state index is 12.5. The van der Waals surface area contributed by atoms with E-state index < -0.39 is 11.2 Å². The Morgan fingerprint density at radius 1 is 0.408 bits per heavy atom. The Balaban J connectivity index is 0.000000156. The van der Waals surface area contributed by atoms with E-state index in [0.717, 1.165) is 66.8 Å². The summed E-state index contributed by atoms with van der Waals surface area (Å²) < 4.78 is 0. The number of fused-ring (bicyclic) bond motifs is 9. The molecule has 0 aliphatic heterocycles. The first-order valence-electron chi connectivity index (χ1n) is 16.8. The van der Waals surface area contributed by atoms with Crippen LogP contribution in [-0.2, 0) is 11.2 Å². The molecule has 0 unspecified atom stereocenters. The van der Waals surface area contributed by atoms with E-state index in [9.17, 15) is 15.0 Å². The third-order valence-electron chi connectivity index (χ3n) is 9.00. The van der Waals surface area contributed by atoms with Crippen molar-refractivity contribution in [3.63, 3.8) is 0 Å². The molecule has 0 amide bonds. The summed E-state index contributed by atoms with van der Waals surface area (Å²) in [6.07, 6.45) is 0. The van der Waals surface area contributed by atoms with Crippen LogP contribution in [-0.4, -0.2) is 10.9 Å². The van der Waals surface area contributed by atoms with Gasteiger partial charge in [0.15, 0.2) is 5.78 Å². The summed E-state index contributed by atoms with van der Waals surface area (Å²) >= 11 is 0. The van der Waals surface area contributed by atoms with E-state index in [1.807, 2.05) is 168 Å². The molecule has 0 heterocycles. The molecule has 0 saturated carbocycles. The fourth-order valence-corrected chi connectivity index (χ4v) is 6.82. The van der Waals surface area contributed by atoms with Gasteiger partial charge in [0.2, 0.25) is 0 Å². The zero-order chi connectivity index (χ0) is 34.5. The Kier molecular flexibility index (Phi) is 12.0. The Morgan fingerprint density at radius 3 is 0.959 bits per heavy atom. The number of hydrogen-bond donors (Lipinski definition) is 1. The van der Waals surface area contributed by atoms with Gasteiger partial charge >= 0.3 is 18.9 Å². The Bertz CT molecular complexity index is 1820. The molecule has 3 aliphatic carbocycles. The Hall–Kier alpha value is -4.49. The van der Waals surface area contributed by atoms with E-state index in [-0.39, 0.29) is 24.6 Å². The molecule has 0 aromatic heterocycles. The number of ketones is 1. The number of benzene rings is 6. The maximum Gasteiger partial charge on any atom is 1.00 e. The standard InChI is InChI=1S/C14H12O.C14H11O.C13H8O.2C2H6.Li/c2*1-14(15)12-8-4-2-6-10(12)11-7-3-5-9-13(11)14;14-13-11-7-3-1-5-9(11)10-6-2-4-8-12(10)13;2*1-2;/h2-9,15H,1H3;2-9H,1H3;1-8H;2*1-2H3;/q;-1;;;;+1. The van der Waals surface area contributed by atoms with Gasteiger partial charge in [-0.2, -0.15) is 0 Å². The largest absolute Gasteiger partial charge is 1.00 e. The fourth-order valence-electron chi connectivity index (χ4n) is 6.82. The Morgan fingerprint density at radius 2 is 0.633 bits per heavy atom. The number of carbonyl (C=O) groups is 1. The van der Waals surface area contributed by atoms with Gasteiger partial charge in [0.25, 0.3) is 0 Å². The van der Waals surface area contributed by atoms with Crippen LogP contribution in [0.1, 0.15) is 79.7 Å². The molecule has 0 atom stereocenters. The van der Waals surface area contributed by atoms with E-state index in [0.29, 0.717) is 0 Å². The monoisotopic (exact) mass is 638 g/mol. The molecule has 0 fully saturated rings. The van der Waals surface area contributed by atoms with Crippen LogP contribution in [0, 0.1) is 0 Å². The van der Waals surface area contributed by atoms with Gasteiger partial charge in [0.05, 0.1) is 0 Å². The van der Waals surface area contributed by atoms with Crippen molar-refractivity contribution in [3.05, 3.63) is 179 Å². The zero-order valence-corrected chi connectivity index (χ0v) is 29.6. The van der Waals surface area contributed by atoms with Crippen molar-refractivity contribution in [2.24, 2.45) is 0 Å². The number of rotatable bonds is 0. The molecule has 9 rings (SSSR count). The van der Waals surface area contributed by atoms with Gasteiger partial charge in [-0.15, -0.1) is 0 Å². The average molecular weight is 639 g/mol. The van der Waals surface area contributed by atoms with E-state index >= 15 is 0 Å². The van der Waals surface area contributed by atoms with Crippen LogP contribution in [0.25, 0.3) is 33.4 Å². The van der Waals surface area contributed by atoms with E-state index in [2.05, 4.69) is 12.1 Å². The smallest absolute Gasteiger partial charge is 0.843 e. The van der Waals surface area contributed by atoms with E-state index in [1.165, 1.54) is 0 Å². The van der Waals surface area contributed by atoms with Crippen LogP contribution in [0.5, 0.6) is 0 Å². The van der Waals surface area contributed by atoms with Crippen LogP contribution in [0.15, 0.2) is 146 Å². The summed E-state index contributed by atoms with van der Waals surface area (Å²) in [5, 5.41) is 23.0. The molecule has 4 heteroatoms. The van der Waals surface area contributed by atoms with Crippen LogP contribution >= 0.6 is 0 Å². The second kappa shape index (κ2) is 15.8. The van der Waals surface area contributed by atoms with Gasteiger partial charge in [-0.25, -0.2) is 0 Å². The number of aliphatic hydroxyl groups is 1. The molecule has 242 valence electrons. The van der Waals surface area contributed by atoms with Crippen molar-refractivity contribution < 1.29 is 33.9 Å². The average Bonchev–Trinajstić information content (AvgIpc) is 3.67. The van der Waals surface area contributed by atoms with Crippen molar-refractivity contribution in [2.75, 3.05) is 0 Å². The summed E-state index contributed by atoms with van der Waals surface area (Å²) in [5.74, 6) is 0.149. The molecule has 3 aliphatic rings. The summed E-state index contributed by atoms with van der Waals surface area (Å²) in [6.45, 7) is 11.6. The van der Waals surface area contributed by atoms with Crippen molar-refractivity contribution >= 4 is 5.78 Å². The SMILES string of the molecule is CC.CC.CC1(O)c2ccccc2-c2ccccc21.CC1([O-])c2ccccc2-c2ccccc21.O=C1c2ccccc2-c2ccccc21.[Li+]. The summed E-state index contributed by atoms with van der Waals surface area (Å²) in [7, 11) is 0. The second-order valence-electron chi connectivity index (χ2n) is 11.7. The van der Waals surface area contributed by atoms with Gasteiger partial charge in [0, 0.05) is 11.1 Å². The van der Waals surface area contributed by atoms with Crippen LogP contribution in [0.4, 0.5) is 0 Å². The van der Waals surface area contributed by atoms with Crippen molar-refractivity contribution in [1.29, 1.82) is 0 Å². The zero-order valence-electron chi connectivity index (χ0n) is 29.6.